The lowest BCUT2D eigenvalue weighted by molar-refractivity contribution is 0.271. The van der Waals surface area contributed by atoms with Crippen molar-refractivity contribution in [3.05, 3.63) is 47.8 Å². The predicted molar refractivity (Wildman–Crippen MR) is 105 cm³/mol. The first-order valence-corrected chi connectivity index (χ1v) is 10.2. The van der Waals surface area contributed by atoms with Gasteiger partial charge in [-0.3, -0.25) is 4.68 Å². The van der Waals surface area contributed by atoms with E-state index in [0.29, 0.717) is 19.6 Å². The number of aromatic nitrogens is 2. The number of halogens is 1. The molecule has 1 saturated heterocycles. The van der Waals surface area contributed by atoms with Crippen molar-refractivity contribution in [2.24, 2.45) is 0 Å². The predicted octanol–water partition coefficient (Wildman–Crippen LogP) is 2.78. The number of rotatable bonds is 5. The Labute approximate surface area is 162 Å². The maximum Gasteiger partial charge on any atom is 0.246 e. The Hall–Kier alpha value is -1.41. The second kappa shape index (κ2) is 8.52. The first-order valence-electron chi connectivity index (χ1n) is 8.79. The average Bonchev–Trinajstić information content (AvgIpc) is 3.13. The molecule has 0 aliphatic carbocycles. The molecule has 1 atom stereocenters. The molecule has 0 saturated carbocycles. The molecular formula is C18H27ClN4O2S. The van der Waals surface area contributed by atoms with Crippen LogP contribution in [0.4, 0.5) is 0 Å². The second-order valence-electron chi connectivity index (χ2n) is 6.68. The number of aryl methyl sites for hydroxylation is 1. The molecule has 2 heterocycles. The lowest BCUT2D eigenvalue weighted by Crippen LogP contribution is -2.48. The van der Waals surface area contributed by atoms with Gasteiger partial charge < -0.3 is 5.32 Å². The van der Waals surface area contributed by atoms with Crippen LogP contribution in [0, 0.1) is 0 Å². The van der Waals surface area contributed by atoms with E-state index in [0.717, 1.165) is 12.0 Å². The topological polar surface area (TPSA) is 67.2 Å². The minimum atomic E-state index is -3.58. The summed E-state index contributed by atoms with van der Waals surface area (Å²) >= 11 is 0. The van der Waals surface area contributed by atoms with Crippen LogP contribution in [0.15, 0.2) is 41.6 Å². The van der Waals surface area contributed by atoms with Crippen molar-refractivity contribution in [3.8, 4) is 0 Å². The van der Waals surface area contributed by atoms with Crippen LogP contribution >= 0.6 is 12.4 Å². The normalized spacial score (nSPS) is 18.7. The van der Waals surface area contributed by atoms with E-state index in [1.54, 1.807) is 15.2 Å². The first-order chi connectivity index (χ1) is 11.9. The Balaban J connectivity index is 0.00000243. The van der Waals surface area contributed by atoms with Gasteiger partial charge in [-0.15, -0.1) is 12.4 Å². The third-order valence-corrected chi connectivity index (χ3v) is 6.54. The Morgan fingerprint density at radius 2 is 1.96 bits per heavy atom. The molecular weight excluding hydrogens is 372 g/mol. The number of hydrogen-bond acceptors (Lipinski definition) is 4. The number of nitrogens with zero attached hydrogens (tertiary/aromatic N) is 3. The van der Waals surface area contributed by atoms with E-state index in [2.05, 4.69) is 29.5 Å². The van der Waals surface area contributed by atoms with E-state index in [4.69, 9.17) is 0 Å². The molecule has 1 aliphatic heterocycles. The molecule has 0 bridgehead atoms. The lowest BCUT2D eigenvalue weighted by atomic mass is 10.0. The minimum absolute atomic E-state index is 0. The third-order valence-electron chi connectivity index (χ3n) is 4.68. The van der Waals surface area contributed by atoms with Gasteiger partial charge >= 0.3 is 0 Å². The number of nitrogens with one attached hydrogen (secondary N) is 1. The van der Waals surface area contributed by atoms with Crippen molar-refractivity contribution in [1.82, 2.24) is 19.4 Å². The zero-order valence-corrected chi connectivity index (χ0v) is 17.1. The smallest absolute Gasteiger partial charge is 0.246 e. The molecule has 0 amide bonds. The standard InChI is InChI=1S/C18H26N4O2S.ClH/c1-4-15-5-7-16(8-6-15)18-12-19-9-10-22(18)25(23,24)17-11-20-21(13-17)14(2)3;/h5-8,11,13-14,18-19H,4,9-10,12H2,1-3H3;1H. The first kappa shape index (κ1) is 20.9. The fourth-order valence-corrected chi connectivity index (χ4v) is 4.66. The summed E-state index contributed by atoms with van der Waals surface area (Å²) in [6.07, 6.45) is 4.05. The monoisotopic (exact) mass is 398 g/mol. The largest absolute Gasteiger partial charge is 0.313 e. The third kappa shape index (κ3) is 4.11. The molecule has 1 aliphatic rings. The van der Waals surface area contributed by atoms with E-state index in [-0.39, 0.29) is 29.4 Å². The molecule has 1 aromatic heterocycles. The van der Waals surface area contributed by atoms with Gasteiger partial charge in [-0.1, -0.05) is 31.2 Å². The van der Waals surface area contributed by atoms with Crippen LogP contribution in [-0.2, 0) is 16.4 Å². The average molecular weight is 399 g/mol. The highest BCUT2D eigenvalue weighted by Gasteiger charge is 2.35. The number of sulfonamides is 1. The highest BCUT2D eigenvalue weighted by Crippen LogP contribution is 2.29. The maximum atomic E-state index is 13.2. The zero-order valence-electron chi connectivity index (χ0n) is 15.4. The molecule has 1 N–H and O–H groups in total. The van der Waals surface area contributed by atoms with Crippen LogP contribution in [0.5, 0.6) is 0 Å². The molecule has 26 heavy (non-hydrogen) atoms. The zero-order chi connectivity index (χ0) is 18.0. The Morgan fingerprint density at radius 1 is 1.27 bits per heavy atom. The van der Waals surface area contributed by atoms with Gasteiger partial charge in [-0.05, 0) is 31.4 Å². The van der Waals surface area contributed by atoms with Gasteiger partial charge in [0.25, 0.3) is 0 Å². The summed E-state index contributed by atoms with van der Waals surface area (Å²) in [6.45, 7) is 7.79. The molecule has 1 aromatic carbocycles. The Kier molecular flexibility index (Phi) is 6.85. The summed E-state index contributed by atoms with van der Waals surface area (Å²) in [5.41, 5.74) is 2.27. The quantitative estimate of drug-likeness (QED) is 0.840. The van der Waals surface area contributed by atoms with Crippen molar-refractivity contribution >= 4 is 22.4 Å². The van der Waals surface area contributed by atoms with Crippen LogP contribution in [0.25, 0.3) is 0 Å². The molecule has 1 unspecified atom stereocenters. The van der Waals surface area contributed by atoms with Crippen LogP contribution in [0.2, 0.25) is 0 Å². The fourth-order valence-electron chi connectivity index (χ4n) is 3.10. The van der Waals surface area contributed by atoms with Crippen molar-refractivity contribution in [2.45, 2.75) is 44.2 Å². The van der Waals surface area contributed by atoms with Gasteiger partial charge in [0, 0.05) is 31.9 Å². The van der Waals surface area contributed by atoms with Gasteiger partial charge in [0.15, 0.2) is 0 Å². The highest BCUT2D eigenvalue weighted by atomic mass is 35.5. The van der Waals surface area contributed by atoms with Crippen molar-refractivity contribution in [1.29, 1.82) is 0 Å². The fraction of sp³-hybridized carbons (Fsp3) is 0.500. The summed E-state index contributed by atoms with van der Waals surface area (Å²) in [6, 6.07) is 8.15. The minimum Gasteiger partial charge on any atom is -0.313 e. The van der Waals surface area contributed by atoms with Gasteiger partial charge in [-0.2, -0.15) is 9.40 Å². The molecule has 0 radical (unpaired) electrons. The molecule has 3 rings (SSSR count). The Morgan fingerprint density at radius 3 is 2.54 bits per heavy atom. The molecule has 1 fully saturated rings. The molecule has 6 nitrogen and oxygen atoms in total. The van der Waals surface area contributed by atoms with Gasteiger partial charge in [-0.25, -0.2) is 8.42 Å². The molecule has 144 valence electrons. The number of hydrogen-bond donors (Lipinski definition) is 1. The summed E-state index contributed by atoms with van der Waals surface area (Å²) in [5.74, 6) is 0. The van der Waals surface area contributed by atoms with Crippen LogP contribution in [0.3, 0.4) is 0 Å². The van der Waals surface area contributed by atoms with E-state index >= 15 is 0 Å². The van der Waals surface area contributed by atoms with Gasteiger partial charge in [0.05, 0.1) is 12.2 Å². The van der Waals surface area contributed by atoms with E-state index in [9.17, 15) is 8.42 Å². The van der Waals surface area contributed by atoms with Crippen LogP contribution in [-0.4, -0.2) is 42.1 Å². The van der Waals surface area contributed by atoms with Crippen molar-refractivity contribution < 1.29 is 8.42 Å². The summed E-state index contributed by atoms with van der Waals surface area (Å²) < 4.78 is 29.6. The SMILES string of the molecule is CCc1ccc(C2CNCCN2S(=O)(=O)c2cnn(C(C)C)c2)cc1.Cl. The van der Waals surface area contributed by atoms with Gasteiger partial charge in [0.2, 0.25) is 10.0 Å². The second-order valence-corrected chi connectivity index (χ2v) is 8.57. The van der Waals surface area contributed by atoms with Crippen LogP contribution < -0.4 is 5.32 Å². The van der Waals surface area contributed by atoms with Crippen molar-refractivity contribution in [3.63, 3.8) is 0 Å². The summed E-state index contributed by atoms with van der Waals surface area (Å²) in [7, 11) is -3.58. The lowest BCUT2D eigenvalue weighted by Gasteiger charge is -2.35. The van der Waals surface area contributed by atoms with E-state index in [1.165, 1.54) is 11.8 Å². The number of piperazine rings is 1. The van der Waals surface area contributed by atoms with E-state index < -0.39 is 10.0 Å². The van der Waals surface area contributed by atoms with E-state index in [1.807, 2.05) is 26.0 Å². The maximum absolute atomic E-state index is 13.2. The highest BCUT2D eigenvalue weighted by molar-refractivity contribution is 7.89. The van der Waals surface area contributed by atoms with Crippen LogP contribution in [0.1, 0.15) is 44.0 Å². The molecule has 0 spiro atoms. The van der Waals surface area contributed by atoms with Crippen molar-refractivity contribution in [2.75, 3.05) is 19.6 Å². The summed E-state index contributed by atoms with van der Waals surface area (Å²) in [5, 5.41) is 7.50. The number of benzene rings is 1. The molecule has 2 aromatic rings. The molecule has 8 heteroatoms. The summed E-state index contributed by atoms with van der Waals surface area (Å²) in [4.78, 5) is 0.262. The van der Waals surface area contributed by atoms with Gasteiger partial charge in [0.1, 0.15) is 4.90 Å². The Bertz CT molecular complexity index is 818.